The Morgan fingerprint density at radius 3 is 2.76 bits per heavy atom. The average molecular weight is 303 g/mol. The molecule has 0 aliphatic rings. The standard InChI is InChI=1S/C10H11BrN2O4/c1-6(14)12-8(10(16)17)5-13-4-2-3-7(11)9(13)15/h2-4,8H,5H2,1H3,(H,12,14)(H,16,17). The van der Waals surface area contributed by atoms with Crippen molar-refractivity contribution < 1.29 is 14.7 Å². The molecule has 1 heterocycles. The van der Waals surface area contributed by atoms with Crippen LogP contribution in [0, 0.1) is 0 Å². The summed E-state index contributed by atoms with van der Waals surface area (Å²) in [7, 11) is 0. The molecular weight excluding hydrogens is 292 g/mol. The van der Waals surface area contributed by atoms with E-state index in [-0.39, 0.29) is 12.1 Å². The van der Waals surface area contributed by atoms with Gasteiger partial charge >= 0.3 is 5.97 Å². The fourth-order valence-corrected chi connectivity index (χ4v) is 1.66. The van der Waals surface area contributed by atoms with E-state index in [9.17, 15) is 14.4 Å². The lowest BCUT2D eigenvalue weighted by molar-refractivity contribution is -0.141. The Morgan fingerprint density at radius 1 is 1.59 bits per heavy atom. The lowest BCUT2D eigenvalue weighted by Gasteiger charge is -2.14. The van der Waals surface area contributed by atoms with E-state index in [4.69, 9.17) is 5.11 Å². The number of hydrogen-bond acceptors (Lipinski definition) is 3. The Kier molecular flexibility index (Phi) is 4.45. The molecule has 2 N–H and O–H groups in total. The largest absolute Gasteiger partial charge is 0.480 e. The van der Waals surface area contributed by atoms with Crippen molar-refractivity contribution in [3.8, 4) is 0 Å². The van der Waals surface area contributed by atoms with Crippen LogP contribution in [0.2, 0.25) is 0 Å². The molecule has 0 radical (unpaired) electrons. The van der Waals surface area contributed by atoms with Gasteiger partial charge in [-0.3, -0.25) is 9.59 Å². The number of carbonyl (C=O) groups is 2. The predicted octanol–water partition coefficient (Wildman–Crippen LogP) is 0.200. The van der Waals surface area contributed by atoms with Crippen molar-refractivity contribution in [3.05, 3.63) is 33.2 Å². The molecule has 6 nitrogen and oxygen atoms in total. The SMILES string of the molecule is CC(=O)NC(Cn1cccc(Br)c1=O)C(=O)O. The third-order valence-corrected chi connectivity index (χ3v) is 2.63. The van der Waals surface area contributed by atoms with E-state index < -0.39 is 17.9 Å². The van der Waals surface area contributed by atoms with Crippen LogP contribution < -0.4 is 10.9 Å². The molecule has 1 unspecified atom stereocenters. The number of aromatic nitrogens is 1. The number of carboxylic acid groups (broad SMARTS) is 1. The van der Waals surface area contributed by atoms with Gasteiger partial charge in [-0.1, -0.05) is 0 Å². The molecule has 0 saturated heterocycles. The third kappa shape index (κ3) is 3.70. The second-order valence-corrected chi connectivity index (χ2v) is 4.26. The van der Waals surface area contributed by atoms with E-state index in [1.54, 1.807) is 12.1 Å². The molecule has 92 valence electrons. The molecule has 1 amide bonds. The van der Waals surface area contributed by atoms with E-state index in [1.165, 1.54) is 17.7 Å². The minimum atomic E-state index is -1.19. The van der Waals surface area contributed by atoms with Crippen LogP contribution in [0.15, 0.2) is 27.6 Å². The van der Waals surface area contributed by atoms with Gasteiger partial charge in [-0.15, -0.1) is 0 Å². The Balaban J connectivity index is 2.94. The molecule has 0 aromatic carbocycles. The van der Waals surface area contributed by atoms with Gasteiger partial charge in [-0.05, 0) is 28.1 Å². The second-order valence-electron chi connectivity index (χ2n) is 3.40. The topological polar surface area (TPSA) is 88.4 Å². The highest BCUT2D eigenvalue weighted by molar-refractivity contribution is 9.10. The average Bonchev–Trinajstić information content (AvgIpc) is 2.22. The first-order valence-electron chi connectivity index (χ1n) is 4.76. The van der Waals surface area contributed by atoms with Gasteiger partial charge in [0.15, 0.2) is 0 Å². The smallest absolute Gasteiger partial charge is 0.328 e. The van der Waals surface area contributed by atoms with Crippen LogP contribution in [0.4, 0.5) is 0 Å². The summed E-state index contributed by atoms with van der Waals surface area (Å²) in [6.07, 6.45) is 1.46. The monoisotopic (exact) mass is 302 g/mol. The van der Waals surface area contributed by atoms with Crippen LogP contribution in [-0.4, -0.2) is 27.6 Å². The number of nitrogens with zero attached hydrogens (tertiary/aromatic N) is 1. The number of pyridine rings is 1. The highest BCUT2D eigenvalue weighted by Crippen LogP contribution is 2.01. The normalized spacial score (nSPS) is 11.9. The minimum absolute atomic E-state index is 0.118. The summed E-state index contributed by atoms with van der Waals surface area (Å²) in [6.45, 7) is 1.10. The third-order valence-electron chi connectivity index (χ3n) is 2.03. The van der Waals surface area contributed by atoms with Crippen molar-refractivity contribution in [3.63, 3.8) is 0 Å². The van der Waals surface area contributed by atoms with Crippen LogP contribution in [0.5, 0.6) is 0 Å². The zero-order chi connectivity index (χ0) is 13.0. The predicted molar refractivity (Wildman–Crippen MR) is 63.6 cm³/mol. The molecule has 0 aliphatic carbocycles. The summed E-state index contributed by atoms with van der Waals surface area (Å²) in [6, 6.07) is 2.05. The Bertz CT molecular complexity index is 497. The van der Waals surface area contributed by atoms with Crippen LogP contribution >= 0.6 is 15.9 Å². The lowest BCUT2D eigenvalue weighted by atomic mass is 10.3. The summed E-state index contributed by atoms with van der Waals surface area (Å²) in [4.78, 5) is 33.3. The summed E-state index contributed by atoms with van der Waals surface area (Å²) in [5, 5.41) is 11.2. The highest BCUT2D eigenvalue weighted by Gasteiger charge is 2.19. The first-order chi connectivity index (χ1) is 7.91. The minimum Gasteiger partial charge on any atom is -0.480 e. The van der Waals surface area contributed by atoms with E-state index in [0.29, 0.717) is 4.47 Å². The number of hydrogen-bond donors (Lipinski definition) is 2. The number of aliphatic carboxylic acids is 1. The molecule has 0 fully saturated rings. The molecule has 1 aromatic heterocycles. The van der Waals surface area contributed by atoms with Crippen molar-refractivity contribution in [2.45, 2.75) is 19.5 Å². The van der Waals surface area contributed by atoms with Crippen LogP contribution in [0.25, 0.3) is 0 Å². The maximum absolute atomic E-state index is 11.6. The fraction of sp³-hybridized carbons (Fsp3) is 0.300. The molecule has 1 atom stereocenters. The molecular formula is C10H11BrN2O4. The maximum Gasteiger partial charge on any atom is 0.328 e. The molecule has 17 heavy (non-hydrogen) atoms. The number of carbonyl (C=O) groups excluding carboxylic acids is 1. The van der Waals surface area contributed by atoms with Gasteiger partial charge in [0.1, 0.15) is 6.04 Å². The van der Waals surface area contributed by atoms with Gasteiger partial charge in [0.25, 0.3) is 5.56 Å². The number of amides is 1. The van der Waals surface area contributed by atoms with Gasteiger partial charge in [-0.2, -0.15) is 0 Å². The van der Waals surface area contributed by atoms with Gasteiger partial charge in [0, 0.05) is 13.1 Å². The molecule has 0 aliphatic heterocycles. The van der Waals surface area contributed by atoms with E-state index >= 15 is 0 Å². The van der Waals surface area contributed by atoms with Crippen molar-refractivity contribution >= 4 is 27.8 Å². The van der Waals surface area contributed by atoms with Crippen molar-refractivity contribution in [1.82, 2.24) is 9.88 Å². The molecule has 1 rings (SSSR count). The number of halogens is 1. The molecule has 1 aromatic rings. The summed E-state index contributed by atoms with van der Waals surface area (Å²) in [5.41, 5.74) is -0.343. The fourth-order valence-electron chi connectivity index (χ4n) is 1.28. The first-order valence-corrected chi connectivity index (χ1v) is 5.56. The Hall–Kier alpha value is -1.63. The zero-order valence-corrected chi connectivity index (χ0v) is 10.6. The van der Waals surface area contributed by atoms with Gasteiger partial charge in [0.05, 0.1) is 11.0 Å². The summed E-state index contributed by atoms with van der Waals surface area (Å²) in [5.74, 6) is -1.65. The van der Waals surface area contributed by atoms with Crippen LogP contribution in [0.1, 0.15) is 6.92 Å². The van der Waals surface area contributed by atoms with Crippen molar-refractivity contribution in [1.29, 1.82) is 0 Å². The van der Waals surface area contributed by atoms with Crippen LogP contribution in [0.3, 0.4) is 0 Å². The van der Waals surface area contributed by atoms with E-state index in [1.807, 2.05) is 0 Å². The maximum atomic E-state index is 11.6. The number of rotatable bonds is 4. The van der Waals surface area contributed by atoms with Gasteiger partial charge in [-0.25, -0.2) is 4.79 Å². The first kappa shape index (κ1) is 13.4. The molecule has 7 heteroatoms. The van der Waals surface area contributed by atoms with E-state index in [0.717, 1.165) is 0 Å². The second kappa shape index (κ2) is 5.62. The Labute approximate surface area is 105 Å². The number of nitrogens with one attached hydrogen (secondary N) is 1. The van der Waals surface area contributed by atoms with Crippen molar-refractivity contribution in [2.75, 3.05) is 0 Å². The van der Waals surface area contributed by atoms with E-state index in [2.05, 4.69) is 21.2 Å². The number of carboxylic acids is 1. The van der Waals surface area contributed by atoms with Gasteiger partial charge < -0.3 is 15.0 Å². The lowest BCUT2D eigenvalue weighted by Crippen LogP contribution is -2.44. The molecule has 0 bridgehead atoms. The zero-order valence-electron chi connectivity index (χ0n) is 9.01. The quantitative estimate of drug-likeness (QED) is 0.831. The molecule has 0 saturated carbocycles. The van der Waals surface area contributed by atoms with Crippen LogP contribution in [-0.2, 0) is 16.1 Å². The Morgan fingerprint density at radius 2 is 2.24 bits per heavy atom. The van der Waals surface area contributed by atoms with Gasteiger partial charge in [0.2, 0.25) is 5.91 Å². The van der Waals surface area contributed by atoms with Crippen molar-refractivity contribution in [2.24, 2.45) is 0 Å². The molecule has 0 spiro atoms. The summed E-state index contributed by atoms with van der Waals surface area (Å²) >= 11 is 3.06. The highest BCUT2D eigenvalue weighted by atomic mass is 79.9. The summed E-state index contributed by atoms with van der Waals surface area (Å²) < 4.78 is 1.56.